The molecule has 0 aliphatic carbocycles. The molecule has 7 heteroatoms. The van der Waals surface area contributed by atoms with Crippen LogP contribution in [0.2, 0.25) is 0 Å². The maximum Gasteiger partial charge on any atom is 0.426 e. The maximum absolute atomic E-state index is 12.5. The molecule has 1 aromatic heterocycles. The van der Waals surface area contributed by atoms with Gasteiger partial charge in [0.2, 0.25) is 0 Å². The summed E-state index contributed by atoms with van der Waals surface area (Å²) >= 11 is 0.326. The van der Waals surface area contributed by atoms with Gasteiger partial charge in [0, 0.05) is 5.56 Å². The number of hydrogen-bond acceptors (Lipinski definition) is 4. The van der Waals surface area contributed by atoms with Crippen LogP contribution in [0, 0.1) is 6.92 Å². The summed E-state index contributed by atoms with van der Waals surface area (Å²) < 4.78 is 46.8. The van der Waals surface area contributed by atoms with Crippen molar-refractivity contribution in [2.75, 3.05) is 14.2 Å². The fraction of sp³-hybridized carbons (Fsp3) is 0.444. The van der Waals surface area contributed by atoms with Gasteiger partial charge in [-0.3, -0.25) is 0 Å². The predicted octanol–water partition coefficient (Wildman–Crippen LogP) is 2.87. The number of methoxy groups -OCH3 is 2. The van der Waals surface area contributed by atoms with Gasteiger partial charge in [0.25, 0.3) is 0 Å². The van der Waals surface area contributed by atoms with E-state index in [9.17, 15) is 18.0 Å². The normalized spacial score (nSPS) is 11.4. The van der Waals surface area contributed by atoms with E-state index < -0.39 is 17.0 Å². The molecule has 1 aromatic rings. The summed E-state index contributed by atoms with van der Waals surface area (Å²) in [6.07, 6.45) is -4.49. The monoisotopic (exact) mass is 254 g/mol. The topological polar surface area (TPSA) is 35.5 Å². The van der Waals surface area contributed by atoms with Crippen LogP contribution in [0.15, 0.2) is 0 Å². The minimum atomic E-state index is -4.49. The van der Waals surface area contributed by atoms with Crippen molar-refractivity contribution in [1.29, 1.82) is 0 Å². The Labute approximate surface area is 93.8 Å². The Bertz CT molecular complexity index is 409. The molecule has 0 aromatic carbocycles. The second-order valence-corrected chi connectivity index (χ2v) is 3.93. The number of rotatable bonds is 2. The van der Waals surface area contributed by atoms with Crippen molar-refractivity contribution in [2.45, 2.75) is 13.1 Å². The fourth-order valence-corrected chi connectivity index (χ4v) is 2.30. The molecule has 0 radical (unpaired) electrons. The highest BCUT2D eigenvalue weighted by Crippen LogP contribution is 2.44. The minimum absolute atomic E-state index is 0.0795. The Morgan fingerprint density at radius 1 is 1.31 bits per heavy atom. The number of hydrogen-bond donors (Lipinski definition) is 0. The van der Waals surface area contributed by atoms with E-state index in [2.05, 4.69) is 4.74 Å². The van der Waals surface area contributed by atoms with E-state index in [0.717, 1.165) is 7.11 Å². The van der Waals surface area contributed by atoms with E-state index in [-0.39, 0.29) is 16.2 Å². The third-order valence-electron chi connectivity index (χ3n) is 1.92. The van der Waals surface area contributed by atoms with Crippen molar-refractivity contribution in [3.8, 4) is 5.75 Å². The fourth-order valence-electron chi connectivity index (χ4n) is 1.24. The molecule has 0 bridgehead atoms. The second kappa shape index (κ2) is 4.32. The molecule has 0 amide bonds. The standard InChI is InChI=1S/C9H9F3O3S/c1-4-5(14-2)6(8(13)15-3)16-7(4)9(10,11)12/h1-3H3. The molecule has 1 heterocycles. The molecule has 90 valence electrons. The van der Waals surface area contributed by atoms with Gasteiger partial charge in [0.1, 0.15) is 10.6 Å². The van der Waals surface area contributed by atoms with Crippen LogP contribution in [-0.4, -0.2) is 20.2 Å². The number of carbonyl (C=O) groups excluding carboxylic acids is 1. The third kappa shape index (κ3) is 2.13. The Balaban J connectivity index is 3.37. The number of ether oxygens (including phenoxy) is 2. The van der Waals surface area contributed by atoms with Crippen LogP contribution >= 0.6 is 11.3 Å². The molecular formula is C9H9F3O3S. The van der Waals surface area contributed by atoms with Gasteiger partial charge in [-0.05, 0) is 6.92 Å². The molecule has 16 heavy (non-hydrogen) atoms. The highest BCUT2D eigenvalue weighted by molar-refractivity contribution is 7.14. The van der Waals surface area contributed by atoms with Crippen molar-refractivity contribution >= 4 is 17.3 Å². The van der Waals surface area contributed by atoms with Gasteiger partial charge in [-0.2, -0.15) is 13.2 Å². The molecule has 0 unspecified atom stereocenters. The van der Waals surface area contributed by atoms with Crippen molar-refractivity contribution in [3.05, 3.63) is 15.3 Å². The highest BCUT2D eigenvalue weighted by Gasteiger charge is 2.38. The average molecular weight is 254 g/mol. The number of alkyl halides is 3. The molecule has 0 aliphatic rings. The summed E-state index contributed by atoms with van der Waals surface area (Å²) in [6.45, 7) is 1.25. The number of halogens is 3. The van der Waals surface area contributed by atoms with Crippen LogP contribution in [0.5, 0.6) is 5.75 Å². The number of carbonyl (C=O) groups is 1. The lowest BCUT2D eigenvalue weighted by Gasteiger charge is -2.04. The molecule has 0 aliphatic heterocycles. The van der Waals surface area contributed by atoms with Gasteiger partial charge in [0.15, 0.2) is 4.88 Å². The van der Waals surface area contributed by atoms with Gasteiger partial charge in [-0.1, -0.05) is 0 Å². The van der Waals surface area contributed by atoms with Crippen molar-refractivity contribution in [2.24, 2.45) is 0 Å². The van der Waals surface area contributed by atoms with E-state index in [0.29, 0.717) is 11.3 Å². The maximum atomic E-state index is 12.5. The zero-order chi connectivity index (χ0) is 12.5. The molecule has 0 saturated carbocycles. The summed E-state index contributed by atoms with van der Waals surface area (Å²) in [5, 5.41) is 0. The first-order valence-corrected chi connectivity index (χ1v) is 4.97. The predicted molar refractivity (Wildman–Crippen MR) is 51.9 cm³/mol. The SMILES string of the molecule is COC(=O)c1sc(C(F)(F)F)c(C)c1OC. The number of esters is 1. The first kappa shape index (κ1) is 12.8. The average Bonchev–Trinajstić information content (AvgIpc) is 2.53. The molecule has 0 spiro atoms. The summed E-state index contributed by atoms with van der Waals surface area (Å²) in [6, 6.07) is 0. The Morgan fingerprint density at radius 3 is 2.25 bits per heavy atom. The van der Waals surface area contributed by atoms with Gasteiger partial charge >= 0.3 is 12.1 Å². The first-order valence-electron chi connectivity index (χ1n) is 4.15. The molecule has 0 saturated heterocycles. The quantitative estimate of drug-likeness (QED) is 0.761. The molecular weight excluding hydrogens is 245 g/mol. The Hall–Kier alpha value is -1.24. The van der Waals surface area contributed by atoms with Gasteiger partial charge in [0.05, 0.1) is 14.2 Å². The van der Waals surface area contributed by atoms with Gasteiger partial charge in [-0.25, -0.2) is 4.79 Å². The first-order chi connectivity index (χ1) is 7.32. The summed E-state index contributed by atoms with van der Waals surface area (Å²) in [4.78, 5) is 10.2. The van der Waals surface area contributed by atoms with E-state index in [4.69, 9.17) is 4.74 Å². The lowest BCUT2D eigenvalue weighted by Crippen LogP contribution is -2.03. The van der Waals surface area contributed by atoms with E-state index >= 15 is 0 Å². The Kier molecular flexibility index (Phi) is 3.47. The largest absolute Gasteiger partial charge is 0.495 e. The van der Waals surface area contributed by atoms with Gasteiger partial charge in [-0.15, -0.1) is 11.3 Å². The minimum Gasteiger partial charge on any atom is -0.495 e. The smallest absolute Gasteiger partial charge is 0.426 e. The molecule has 0 atom stereocenters. The molecule has 0 N–H and O–H groups in total. The third-order valence-corrected chi connectivity index (χ3v) is 3.22. The van der Waals surface area contributed by atoms with Crippen molar-refractivity contribution < 1.29 is 27.4 Å². The number of thiophene rings is 1. The van der Waals surface area contributed by atoms with Crippen LogP contribution in [0.3, 0.4) is 0 Å². The van der Waals surface area contributed by atoms with Crippen molar-refractivity contribution in [1.82, 2.24) is 0 Å². The van der Waals surface area contributed by atoms with E-state index in [1.165, 1.54) is 14.0 Å². The van der Waals surface area contributed by atoms with Crippen LogP contribution < -0.4 is 4.74 Å². The highest BCUT2D eigenvalue weighted by atomic mass is 32.1. The molecule has 0 fully saturated rings. The van der Waals surface area contributed by atoms with Crippen LogP contribution in [0.4, 0.5) is 13.2 Å². The lowest BCUT2D eigenvalue weighted by atomic mass is 10.2. The van der Waals surface area contributed by atoms with Crippen LogP contribution in [0.25, 0.3) is 0 Å². The summed E-state index contributed by atoms with van der Waals surface area (Å²) in [5.74, 6) is -0.912. The lowest BCUT2D eigenvalue weighted by molar-refractivity contribution is -0.134. The van der Waals surface area contributed by atoms with Crippen LogP contribution in [0.1, 0.15) is 20.1 Å². The Morgan fingerprint density at radius 2 is 1.88 bits per heavy atom. The molecule has 1 rings (SSSR count). The molecule has 3 nitrogen and oxygen atoms in total. The second-order valence-electron chi connectivity index (χ2n) is 2.91. The zero-order valence-electron chi connectivity index (χ0n) is 8.77. The van der Waals surface area contributed by atoms with Gasteiger partial charge < -0.3 is 9.47 Å². The van der Waals surface area contributed by atoms with E-state index in [1.807, 2.05) is 0 Å². The van der Waals surface area contributed by atoms with E-state index in [1.54, 1.807) is 0 Å². The van der Waals surface area contributed by atoms with Crippen LogP contribution in [-0.2, 0) is 10.9 Å². The van der Waals surface area contributed by atoms with Crippen molar-refractivity contribution in [3.63, 3.8) is 0 Å². The zero-order valence-corrected chi connectivity index (χ0v) is 9.58. The summed E-state index contributed by atoms with van der Waals surface area (Å²) in [5.41, 5.74) is -0.0969. The summed E-state index contributed by atoms with van der Waals surface area (Å²) in [7, 11) is 2.31.